The van der Waals surface area contributed by atoms with Crippen LogP contribution in [0.25, 0.3) is 11.1 Å². The lowest BCUT2D eigenvalue weighted by Crippen LogP contribution is -2.00. The van der Waals surface area contributed by atoms with Crippen molar-refractivity contribution in [3.05, 3.63) is 48.0 Å². The summed E-state index contributed by atoms with van der Waals surface area (Å²) in [6, 6.07) is 11.9. The third-order valence-electron chi connectivity index (χ3n) is 2.66. The molecule has 0 heterocycles. The molecule has 2 aromatic carbocycles. The highest BCUT2D eigenvalue weighted by Gasteiger charge is 2.10. The molecule has 0 saturated heterocycles. The van der Waals surface area contributed by atoms with Crippen LogP contribution in [0.15, 0.2) is 42.5 Å². The van der Waals surface area contributed by atoms with Crippen molar-refractivity contribution in [2.75, 3.05) is 12.8 Å². The summed E-state index contributed by atoms with van der Waals surface area (Å²) in [6.45, 7) is 0. The van der Waals surface area contributed by atoms with Gasteiger partial charge in [-0.15, -0.1) is 0 Å². The summed E-state index contributed by atoms with van der Waals surface area (Å²) in [7, 11) is 1.33. The largest absolute Gasteiger partial charge is 0.505 e. The van der Waals surface area contributed by atoms with E-state index in [1.165, 1.54) is 7.11 Å². The van der Waals surface area contributed by atoms with Gasteiger partial charge in [0.25, 0.3) is 0 Å². The Bertz CT molecular complexity index is 593. The van der Waals surface area contributed by atoms with E-state index in [-0.39, 0.29) is 5.75 Å². The fourth-order valence-corrected chi connectivity index (χ4v) is 1.73. The number of rotatable bonds is 2. The van der Waals surface area contributed by atoms with E-state index in [4.69, 9.17) is 5.73 Å². The number of methoxy groups -OCH3 is 1. The van der Waals surface area contributed by atoms with E-state index < -0.39 is 5.97 Å². The summed E-state index contributed by atoms with van der Waals surface area (Å²) >= 11 is 0. The van der Waals surface area contributed by atoms with E-state index in [9.17, 15) is 9.90 Å². The number of aromatic hydroxyl groups is 1. The Morgan fingerprint density at radius 1 is 1.22 bits per heavy atom. The van der Waals surface area contributed by atoms with Gasteiger partial charge in [0.2, 0.25) is 0 Å². The average Bonchev–Trinajstić information content (AvgIpc) is 2.41. The van der Waals surface area contributed by atoms with Gasteiger partial charge in [-0.2, -0.15) is 0 Å². The molecular formula is C14H13NO3. The molecule has 0 fully saturated rings. The third-order valence-corrected chi connectivity index (χ3v) is 2.66. The van der Waals surface area contributed by atoms with E-state index in [0.717, 1.165) is 0 Å². The third kappa shape index (κ3) is 2.13. The summed E-state index contributed by atoms with van der Waals surface area (Å²) in [5, 5.41) is 9.90. The molecular weight excluding hydrogens is 230 g/mol. The number of nitrogens with two attached hydrogens (primary N) is 1. The van der Waals surface area contributed by atoms with E-state index >= 15 is 0 Å². The van der Waals surface area contributed by atoms with E-state index in [2.05, 4.69) is 4.74 Å². The molecule has 4 heteroatoms. The molecule has 0 aromatic heterocycles. The molecule has 0 spiro atoms. The van der Waals surface area contributed by atoms with Crippen molar-refractivity contribution in [3.63, 3.8) is 0 Å². The number of carbonyl (C=O) groups excluding carboxylic acids is 1. The molecule has 0 amide bonds. The summed E-state index contributed by atoms with van der Waals surface area (Å²) in [4.78, 5) is 11.4. The summed E-state index contributed by atoms with van der Waals surface area (Å²) in [6.07, 6.45) is 0. The monoisotopic (exact) mass is 243 g/mol. The van der Waals surface area contributed by atoms with Gasteiger partial charge in [0, 0.05) is 5.56 Å². The van der Waals surface area contributed by atoms with Crippen LogP contribution in [-0.2, 0) is 4.74 Å². The first-order chi connectivity index (χ1) is 8.63. The first-order valence-electron chi connectivity index (χ1n) is 5.39. The van der Waals surface area contributed by atoms with E-state index in [0.29, 0.717) is 22.4 Å². The van der Waals surface area contributed by atoms with Gasteiger partial charge in [-0.3, -0.25) is 0 Å². The van der Waals surface area contributed by atoms with Gasteiger partial charge in [0.05, 0.1) is 18.4 Å². The van der Waals surface area contributed by atoms with Crippen molar-refractivity contribution in [1.82, 2.24) is 0 Å². The minimum atomic E-state index is -0.416. The molecule has 2 rings (SSSR count). The number of phenols is 1. The fraction of sp³-hybridized carbons (Fsp3) is 0.0714. The lowest BCUT2D eigenvalue weighted by molar-refractivity contribution is 0.0601. The quantitative estimate of drug-likeness (QED) is 0.482. The minimum absolute atomic E-state index is 0.0134. The lowest BCUT2D eigenvalue weighted by Gasteiger charge is -2.08. The van der Waals surface area contributed by atoms with E-state index in [1.54, 1.807) is 42.5 Å². The Labute approximate surface area is 105 Å². The van der Waals surface area contributed by atoms with Crippen LogP contribution in [0.1, 0.15) is 10.4 Å². The van der Waals surface area contributed by atoms with Gasteiger partial charge in [-0.25, -0.2) is 4.79 Å². The van der Waals surface area contributed by atoms with Gasteiger partial charge in [0.15, 0.2) is 0 Å². The Balaban J connectivity index is 2.51. The highest BCUT2D eigenvalue weighted by Crippen LogP contribution is 2.33. The van der Waals surface area contributed by atoms with Crippen molar-refractivity contribution >= 4 is 11.7 Å². The van der Waals surface area contributed by atoms with E-state index in [1.807, 2.05) is 0 Å². The number of hydrogen-bond acceptors (Lipinski definition) is 4. The number of esters is 1. The molecule has 0 unspecified atom stereocenters. The van der Waals surface area contributed by atoms with Crippen LogP contribution in [0.5, 0.6) is 5.75 Å². The smallest absolute Gasteiger partial charge is 0.337 e. The van der Waals surface area contributed by atoms with Gasteiger partial charge in [-0.1, -0.05) is 24.3 Å². The van der Waals surface area contributed by atoms with Crippen molar-refractivity contribution in [2.45, 2.75) is 0 Å². The lowest BCUT2D eigenvalue weighted by atomic mass is 10.0. The number of benzene rings is 2. The Hall–Kier alpha value is -2.49. The second-order valence-electron chi connectivity index (χ2n) is 3.82. The van der Waals surface area contributed by atoms with Gasteiger partial charge in [-0.05, 0) is 23.8 Å². The van der Waals surface area contributed by atoms with Gasteiger partial charge in [0.1, 0.15) is 5.75 Å². The van der Waals surface area contributed by atoms with Crippen LogP contribution in [0.4, 0.5) is 5.69 Å². The van der Waals surface area contributed by atoms with Crippen LogP contribution in [0.2, 0.25) is 0 Å². The molecule has 0 bridgehead atoms. The maximum Gasteiger partial charge on any atom is 0.337 e. The van der Waals surface area contributed by atoms with Gasteiger partial charge < -0.3 is 15.6 Å². The first-order valence-corrected chi connectivity index (χ1v) is 5.39. The Morgan fingerprint density at radius 2 is 1.94 bits per heavy atom. The molecule has 2 aromatic rings. The van der Waals surface area contributed by atoms with Gasteiger partial charge >= 0.3 is 5.97 Å². The number of phenolic OH excluding ortho intramolecular Hbond substituents is 1. The molecule has 0 aliphatic rings. The average molecular weight is 243 g/mol. The number of anilines is 1. The molecule has 0 saturated carbocycles. The first kappa shape index (κ1) is 12.0. The number of nitrogen functional groups attached to an aromatic ring is 1. The second kappa shape index (κ2) is 4.79. The molecule has 18 heavy (non-hydrogen) atoms. The zero-order chi connectivity index (χ0) is 13.1. The molecule has 4 nitrogen and oxygen atoms in total. The number of ether oxygens (including phenoxy) is 1. The zero-order valence-corrected chi connectivity index (χ0v) is 9.88. The molecule has 0 aliphatic carbocycles. The van der Waals surface area contributed by atoms with Crippen molar-refractivity contribution in [1.29, 1.82) is 0 Å². The van der Waals surface area contributed by atoms with Crippen LogP contribution in [0.3, 0.4) is 0 Å². The van der Waals surface area contributed by atoms with Crippen molar-refractivity contribution < 1.29 is 14.6 Å². The second-order valence-corrected chi connectivity index (χ2v) is 3.82. The predicted molar refractivity (Wildman–Crippen MR) is 69.3 cm³/mol. The molecule has 3 N–H and O–H groups in total. The number of hydrogen-bond donors (Lipinski definition) is 2. The standard InChI is InChI=1S/C14H13NO3/c1-18-14(17)10-5-2-4-9(8-10)11-6-3-7-12(15)13(11)16/h2-8,16H,15H2,1H3. The molecule has 0 atom stereocenters. The maximum atomic E-state index is 11.4. The molecule has 92 valence electrons. The summed E-state index contributed by atoms with van der Waals surface area (Å²) in [5.41, 5.74) is 7.66. The van der Waals surface area contributed by atoms with Crippen LogP contribution < -0.4 is 5.73 Å². The highest BCUT2D eigenvalue weighted by atomic mass is 16.5. The topological polar surface area (TPSA) is 72.5 Å². The fourth-order valence-electron chi connectivity index (χ4n) is 1.73. The maximum absolute atomic E-state index is 11.4. The number of carbonyl (C=O) groups is 1. The Morgan fingerprint density at radius 3 is 2.67 bits per heavy atom. The molecule has 0 aliphatic heterocycles. The normalized spacial score (nSPS) is 10.1. The summed E-state index contributed by atoms with van der Waals surface area (Å²) < 4.78 is 4.65. The zero-order valence-electron chi connectivity index (χ0n) is 9.88. The summed E-state index contributed by atoms with van der Waals surface area (Å²) in [5.74, 6) is -0.403. The van der Waals surface area contributed by atoms with Crippen molar-refractivity contribution in [3.8, 4) is 16.9 Å². The molecule has 0 radical (unpaired) electrons. The predicted octanol–water partition coefficient (Wildman–Crippen LogP) is 2.43. The SMILES string of the molecule is COC(=O)c1cccc(-c2cccc(N)c2O)c1. The minimum Gasteiger partial charge on any atom is -0.505 e. The van der Waals surface area contributed by atoms with Crippen LogP contribution >= 0.6 is 0 Å². The highest BCUT2D eigenvalue weighted by molar-refractivity contribution is 5.91. The Kier molecular flexibility index (Phi) is 3.19. The van der Waals surface area contributed by atoms with Crippen LogP contribution in [0, 0.1) is 0 Å². The number of para-hydroxylation sites is 1. The van der Waals surface area contributed by atoms with Crippen LogP contribution in [-0.4, -0.2) is 18.2 Å². The van der Waals surface area contributed by atoms with Crippen molar-refractivity contribution in [2.24, 2.45) is 0 Å².